The number of nitrogens with two attached hydrogens (primary N) is 2. The molecule has 1 aromatic rings. The minimum absolute atomic E-state index is 0.462. The van der Waals surface area contributed by atoms with E-state index in [1.54, 1.807) is 0 Å². The molecule has 1 rings (SSSR count). The molecule has 0 bridgehead atoms. The molecule has 4 N–H and O–H groups in total. The van der Waals surface area contributed by atoms with Gasteiger partial charge in [0.2, 0.25) is 5.91 Å². The number of primary amides is 1. The number of hydrogen-bond acceptors (Lipinski definition) is 2. The van der Waals surface area contributed by atoms with Crippen LogP contribution in [-0.2, 0) is 17.6 Å². The topological polar surface area (TPSA) is 69.1 Å². The van der Waals surface area contributed by atoms with Crippen molar-refractivity contribution in [1.82, 2.24) is 0 Å². The summed E-state index contributed by atoms with van der Waals surface area (Å²) >= 11 is 0. The van der Waals surface area contributed by atoms with E-state index in [1.165, 1.54) is 11.1 Å². The highest BCUT2D eigenvalue weighted by Crippen LogP contribution is 2.10. The fraction of sp³-hybridized carbons (Fsp3) is 0.357. The third-order valence-corrected chi connectivity index (χ3v) is 2.68. The fourth-order valence-electron chi connectivity index (χ4n) is 1.55. The number of amides is 1. The Morgan fingerprint density at radius 1 is 1.29 bits per heavy atom. The molecule has 0 heterocycles. The van der Waals surface area contributed by atoms with E-state index in [0.717, 1.165) is 18.4 Å². The van der Waals surface area contributed by atoms with Gasteiger partial charge in [-0.25, -0.2) is 0 Å². The summed E-state index contributed by atoms with van der Waals surface area (Å²) in [5, 5.41) is 0. The molecule has 0 aliphatic carbocycles. The van der Waals surface area contributed by atoms with Gasteiger partial charge in [0.05, 0.1) is 6.04 Å². The second-order valence-corrected chi connectivity index (χ2v) is 4.49. The van der Waals surface area contributed by atoms with Gasteiger partial charge in [-0.15, -0.1) is 6.58 Å². The molecule has 92 valence electrons. The Bertz CT molecular complexity index is 395. The Labute approximate surface area is 103 Å². The van der Waals surface area contributed by atoms with E-state index in [1.807, 2.05) is 19.1 Å². The second kappa shape index (κ2) is 6.21. The van der Waals surface area contributed by atoms with Crippen molar-refractivity contribution >= 4 is 5.91 Å². The van der Waals surface area contributed by atoms with Gasteiger partial charge in [0, 0.05) is 0 Å². The largest absolute Gasteiger partial charge is 0.368 e. The number of benzene rings is 1. The Balaban J connectivity index is 2.55. The van der Waals surface area contributed by atoms with Crippen molar-refractivity contribution in [3.05, 3.63) is 47.5 Å². The lowest BCUT2D eigenvalue weighted by molar-refractivity contribution is -0.119. The lowest BCUT2D eigenvalue weighted by Gasteiger charge is -2.08. The third-order valence-electron chi connectivity index (χ3n) is 2.68. The third kappa shape index (κ3) is 4.83. The van der Waals surface area contributed by atoms with Gasteiger partial charge in [-0.05, 0) is 37.3 Å². The van der Waals surface area contributed by atoms with Crippen LogP contribution in [0.2, 0.25) is 0 Å². The minimum atomic E-state index is -0.601. The van der Waals surface area contributed by atoms with Crippen LogP contribution in [0.4, 0.5) is 0 Å². The summed E-state index contributed by atoms with van der Waals surface area (Å²) in [4.78, 5) is 10.8. The summed E-state index contributed by atoms with van der Waals surface area (Å²) in [6.45, 7) is 5.91. The maximum Gasteiger partial charge on any atom is 0.234 e. The molecule has 1 aromatic carbocycles. The first-order valence-corrected chi connectivity index (χ1v) is 5.76. The number of carbonyl (C=O) groups excluding carboxylic acids is 1. The molecule has 0 aliphatic heterocycles. The zero-order valence-electron chi connectivity index (χ0n) is 10.3. The van der Waals surface area contributed by atoms with Gasteiger partial charge >= 0.3 is 0 Å². The molecular formula is C14H20N2O. The number of carbonyl (C=O) groups is 1. The molecule has 3 nitrogen and oxygen atoms in total. The van der Waals surface area contributed by atoms with Crippen molar-refractivity contribution in [2.45, 2.75) is 32.2 Å². The van der Waals surface area contributed by atoms with E-state index in [9.17, 15) is 4.79 Å². The van der Waals surface area contributed by atoms with Gasteiger partial charge in [-0.2, -0.15) is 0 Å². The molecule has 1 amide bonds. The Morgan fingerprint density at radius 3 is 2.29 bits per heavy atom. The first-order chi connectivity index (χ1) is 7.99. The molecule has 17 heavy (non-hydrogen) atoms. The molecule has 0 saturated heterocycles. The van der Waals surface area contributed by atoms with Crippen LogP contribution < -0.4 is 11.5 Å². The number of allylic oxidation sites excluding steroid dienone is 1. The smallest absolute Gasteiger partial charge is 0.234 e. The average Bonchev–Trinajstić information content (AvgIpc) is 2.28. The van der Waals surface area contributed by atoms with Gasteiger partial charge in [-0.3, -0.25) is 4.79 Å². The summed E-state index contributed by atoms with van der Waals surface area (Å²) in [6, 6.07) is 7.52. The summed E-state index contributed by atoms with van der Waals surface area (Å²) in [7, 11) is 0. The Hall–Kier alpha value is -1.61. The van der Waals surface area contributed by atoms with Crippen molar-refractivity contribution in [1.29, 1.82) is 0 Å². The summed E-state index contributed by atoms with van der Waals surface area (Å²) < 4.78 is 0. The van der Waals surface area contributed by atoms with Crippen molar-refractivity contribution in [2.75, 3.05) is 0 Å². The van der Waals surface area contributed by atoms with E-state index in [0.29, 0.717) is 6.42 Å². The molecule has 0 radical (unpaired) electrons. The highest BCUT2D eigenvalue weighted by molar-refractivity contribution is 5.79. The van der Waals surface area contributed by atoms with Crippen LogP contribution in [0.5, 0.6) is 0 Å². The van der Waals surface area contributed by atoms with Gasteiger partial charge in [0.1, 0.15) is 0 Å². The molecule has 0 saturated carbocycles. The normalized spacial score (nSPS) is 12.1. The monoisotopic (exact) mass is 232 g/mol. The lowest BCUT2D eigenvalue weighted by Crippen LogP contribution is -2.38. The lowest BCUT2D eigenvalue weighted by atomic mass is 10.0. The maximum absolute atomic E-state index is 10.8. The van der Waals surface area contributed by atoms with Crippen LogP contribution in [0.1, 0.15) is 24.5 Å². The SMILES string of the molecule is C=C(C)CCc1ccc(CC(N)C(N)=O)cc1. The van der Waals surface area contributed by atoms with Crippen LogP contribution in [0.25, 0.3) is 0 Å². The molecule has 0 aromatic heterocycles. The van der Waals surface area contributed by atoms with Crippen LogP contribution >= 0.6 is 0 Å². The average molecular weight is 232 g/mol. The molecule has 0 fully saturated rings. The van der Waals surface area contributed by atoms with Gasteiger partial charge in [-0.1, -0.05) is 29.8 Å². The number of aryl methyl sites for hydroxylation is 1. The Morgan fingerprint density at radius 2 is 1.82 bits per heavy atom. The summed E-state index contributed by atoms with van der Waals surface area (Å²) in [6.07, 6.45) is 2.49. The molecule has 3 heteroatoms. The Kier molecular flexibility index (Phi) is 4.91. The van der Waals surface area contributed by atoms with Crippen molar-refractivity contribution in [3.8, 4) is 0 Å². The maximum atomic E-state index is 10.8. The summed E-state index contributed by atoms with van der Waals surface area (Å²) in [5.74, 6) is -0.462. The first kappa shape index (κ1) is 13.5. The standard InChI is InChI=1S/C14H20N2O/c1-10(2)3-4-11-5-7-12(8-6-11)9-13(15)14(16)17/h5-8,13H,1,3-4,9,15H2,2H3,(H2,16,17). The van der Waals surface area contributed by atoms with Crippen molar-refractivity contribution < 1.29 is 4.79 Å². The van der Waals surface area contributed by atoms with Crippen LogP contribution in [-0.4, -0.2) is 11.9 Å². The predicted octanol–water partition coefficient (Wildman–Crippen LogP) is 1.55. The van der Waals surface area contributed by atoms with E-state index in [2.05, 4.69) is 18.7 Å². The van der Waals surface area contributed by atoms with Gasteiger partial charge in [0.15, 0.2) is 0 Å². The zero-order chi connectivity index (χ0) is 12.8. The predicted molar refractivity (Wildman–Crippen MR) is 70.5 cm³/mol. The summed E-state index contributed by atoms with van der Waals surface area (Å²) in [5.41, 5.74) is 14.2. The van der Waals surface area contributed by atoms with E-state index >= 15 is 0 Å². The van der Waals surface area contributed by atoms with Gasteiger partial charge < -0.3 is 11.5 Å². The molecule has 0 spiro atoms. The number of rotatable bonds is 6. The van der Waals surface area contributed by atoms with E-state index in [4.69, 9.17) is 11.5 Å². The van der Waals surface area contributed by atoms with Crippen LogP contribution in [0.3, 0.4) is 0 Å². The number of hydrogen-bond donors (Lipinski definition) is 2. The first-order valence-electron chi connectivity index (χ1n) is 5.76. The molecule has 1 atom stereocenters. The van der Waals surface area contributed by atoms with Crippen molar-refractivity contribution in [3.63, 3.8) is 0 Å². The molecular weight excluding hydrogens is 212 g/mol. The fourth-order valence-corrected chi connectivity index (χ4v) is 1.55. The van der Waals surface area contributed by atoms with Gasteiger partial charge in [0.25, 0.3) is 0 Å². The van der Waals surface area contributed by atoms with Crippen molar-refractivity contribution in [2.24, 2.45) is 11.5 Å². The van der Waals surface area contributed by atoms with E-state index in [-0.39, 0.29) is 0 Å². The van der Waals surface area contributed by atoms with Crippen LogP contribution in [0, 0.1) is 0 Å². The van der Waals surface area contributed by atoms with Crippen LogP contribution in [0.15, 0.2) is 36.4 Å². The highest BCUT2D eigenvalue weighted by Gasteiger charge is 2.09. The van der Waals surface area contributed by atoms with E-state index < -0.39 is 11.9 Å². The highest BCUT2D eigenvalue weighted by atomic mass is 16.1. The quantitative estimate of drug-likeness (QED) is 0.731. The molecule has 1 unspecified atom stereocenters. The zero-order valence-corrected chi connectivity index (χ0v) is 10.3. The second-order valence-electron chi connectivity index (χ2n) is 4.49. The minimum Gasteiger partial charge on any atom is -0.368 e. The molecule has 0 aliphatic rings.